The molecule has 0 aliphatic heterocycles. The van der Waals surface area contributed by atoms with Gasteiger partial charge in [-0.2, -0.15) is 11.3 Å². The monoisotopic (exact) mass is 385 g/mol. The highest BCUT2D eigenvalue weighted by molar-refractivity contribution is 7.14. The zero-order valence-electron chi connectivity index (χ0n) is 15.1. The number of aromatic nitrogens is 1. The smallest absolute Gasteiger partial charge is 0.226 e. The highest BCUT2D eigenvalue weighted by atomic mass is 32.1. The van der Waals surface area contributed by atoms with E-state index in [0.717, 1.165) is 29.4 Å². The fourth-order valence-corrected chi connectivity index (χ4v) is 4.36. The zero-order valence-corrected chi connectivity index (χ0v) is 16.7. The molecule has 0 unspecified atom stereocenters. The van der Waals surface area contributed by atoms with Crippen LogP contribution in [0.5, 0.6) is 0 Å². The van der Waals surface area contributed by atoms with Gasteiger partial charge in [0.25, 0.3) is 0 Å². The van der Waals surface area contributed by atoms with Gasteiger partial charge in [-0.1, -0.05) is 18.2 Å². The van der Waals surface area contributed by atoms with Crippen LogP contribution in [0.25, 0.3) is 10.6 Å². The number of nitrogens with one attached hydrogen (secondary N) is 1. The lowest BCUT2D eigenvalue weighted by atomic mass is 10.2. The number of hydrogen-bond donors (Lipinski definition) is 1. The number of hydrogen-bond acceptors (Lipinski definition) is 5. The Hall–Kier alpha value is -2.18. The summed E-state index contributed by atoms with van der Waals surface area (Å²) in [5.74, 6) is 0.0213. The van der Waals surface area contributed by atoms with Crippen molar-refractivity contribution in [2.45, 2.75) is 20.3 Å². The fourth-order valence-electron chi connectivity index (χ4n) is 2.83. The van der Waals surface area contributed by atoms with Crippen LogP contribution in [0.1, 0.15) is 18.2 Å². The average Bonchev–Trinajstić information content (AvgIpc) is 3.31. The minimum Gasteiger partial charge on any atom is -0.370 e. The summed E-state index contributed by atoms with van der Waals surface area (Å²) in [5.41, 5.74) is 4.44. The van der Waals surface area contributed by atoms with Crippen LogP contribution in [0.2, 0.25) is 0 Å². The van der Waals surface area contributed by atoms with Gasteiger partial charge in [-0.3, -0.25) is 4.79 Å². The van der Waals surface area contributed by atoms with Crippen molar-refractivity contribution in [3.8, 4) is 10.6 Å². The third kappa shape index (κ3) is 4.71. The topological polar surface area (TPSA) is 45.2 Å². The predicted octanol–water partition coefficient (Wildman–Crippen LogP) is 4.37. The van der Waals surface area contributed by atoms with Crippen LogP contribution in [0.15, 0.2) is 46.5 Å². The number of benzene rings is 1. The molecule has 1 aromatic carbocycles. The van der Waals surface area contributed by atoms with Gasteiger partial charge >= 0.3 is 0 Å². The SMILES string of the molecule is CCN(CCNC(=O)Cc1csc(-c2ccsc2)n1)c1ccccc1C. The second-order valence-electron chi connectivity index (χ2n) is 6.05. The van der Waals surface area contributed by atoms with E-state index >= 15 is 0 Å². The summed E-state index contributed by atoms with van der Waals surface area (Å²) in [6.07, 6.45) is 0.330. The number of likely N-dealkylation sites (N-methyl/N-ethyl adjacent to an activating group) is 1. The number of amides is 1. The van der Waals surface area contributed by atoms with Gasteiger partial charge in [-0.25, -0.2) is 4.98 Å². The van der Waals surface area contributed by atoms with Crippen LogP contribution < -0.4 is 10.2 Å². The van der Waals surface area contributed by atoms with Crippen LogP contribution >= 0.6 is 22.7 Å². The van der Waals surface area contributed by atoms with E-state index in [4.69, 9.17) is 0 Å². The van der Waals surface area contributed by atoms with Gasteiger partial charge in [0.1, 0.15) is 5.01 Å². The second-order valence-corrected chi connectivity index (χ2v) is 7.69. The maximum absolute atomic E-state index is 12.2. The number of thiazole rings is 1. The first-order chi connectivity index (χ1) is 12.7. The second kappa shape index (κ2) is 8.96. The van der Waals surface area contributed by atoms with Gasteiger partial charge in [0, 0.05) is 41.6 Å². The van der Waals surface area contributed by atoms with E-state index in [1.54, 1.807) is 22.7 Å². The highest BCUT2D eigenvalue weighted by Gasteiger charge is 2.11. The Morgan fingerprint density at radius 3 is 2.81 bits per heavy atom. The maximum Gasteiger partial charge on any atom is 0.226 e. The van der Waals surface area contributed by atoms with Crippen LogP contribution in [0.4, 0.5) is 5.69 Å². The van der Waals surface area contributed by atoms with E-state index in [2.05, 4.69) is 58.7 Å². The van der Waals surface area contributed by atoms with Gasteiger partial charge in [-0.15, -0.1) is 11.3 Å². The summed E-state index contributed by atoms with van der Waals surface area (Å²) in [6.45, 7) is 6.59. The number of carbonyl (C=O) groups is 1. The minimum atomic E-state index is 0.0213. The molecule has 3 rings (SSSR count). The molecule has 0 spiro atoms. The number of aryl methyl sites for hydroxylation is 1. The Bertz CT molecular complexity index is 842. The molecule has 26 heavy (non-hydrogen) atoms. The van der Waals surface area contributed by atoms with Crippen molar-refractivity contribution in [1.82, 2.24) is 10.3 Å². The Morgan fingerprint density at radius 1 is 1.23 bits per heavy atom. The molecule has 0 atom stereocenters. The molecule has 0 aliphatic carbocycles. The Kier molecular flexibility index (Phi) is 6.41. The number of nitrogens with zero attached hydrogens (tertiary/aromatic N) is 2. The van der Waals surface area contributed by atoms with Crippen LogP contribution in [-0.4, -0.2) is 30.5 Å². The van der Waals surface area contributed by atoms with Gasteiger partial charge in [-0.05, 0) is 36.9 Å². The van der Waals surface area contributed by atoms with Crippen molar-refractivity contribution in [2.75, 3.05) is 24.5 Å². The maximum atomic E-state index is 12.2. The molecule has 136 valence electrons. The summed E-state index contributed by atoms with van der Waals surface area (Å²) in [6, 6.07) is 10.4. The highest BCUT2D eigenvalue weighted by Crippen LogP contribution is 2.25. The Balaban J connectivity index is 1.49. The molecule has 0 fully saturated rings. The predicted molar refractivity (Wildman–Crippen MR) is 111 cm³/mol. The van der Waals surface area contributed by atoms with Crippen molar-refractivity contribution in [3.63, 3.8) is 0 Å². The molecule has 2 heterocycles. The third-order valence-electron chi connectivity index (χ3n) is 4.20. The molecule has 6 heteroatoms. The van der Waals surface area contributed by atoms with Crippen LogP contribution in [0, 0.1) is 6.92 Å². The van der Waals surface area contributed by atoms with E-state index in [1.807, 2.05) is 16.8 Å². The Morgan fingerprint density at radius 2 is 2.08 bits per heavy atom. The van der Waals surface area contributed by atoms with Crippen LogP contribution in [-0.2, 0) is 11.2 Å². The van der Waals surface area contributed by atoms with Gasteiger partial charge < -0.3 is 10.2 Å². The summed E-state index contributed by atoms with van der Waals surface area (Å²) in [7, 11) is 0. The lowest BCUT2D eigenvalue weighted by Gasteiger charge is -2.25. The molecule has 3 aromatic rings. The van der Waals surface area contributed by atoms with E-state index in [0.29, 0.717) is 13.0 Å². The summed E-state index contributed by atoms with van der Waals surface area (Å²) in [4.78, 5) is 19.1. The van der Waals surface area contributed by atoms with Gasteiger partial charge in [0.15, 0.2) is 0 Å². The number of rotatable bonds is 8. The van der Waals surface area contributed by atoms with Crippen molar-refractivity contribution in [2.24, 2.45) is 0 Å². The normalized spacial score (nSPS) is 10.7. The molecule has 0 saturated heterocycles. The van der Waals surface area contributed by atoms with Crippen molar-refractivity contribution >= 4 is 34.3 Å². The molecular formula is C20H23N3OS2. The molecule has 0 saturated carbocycles. The van der Waals surface area contributed by atoms with Crippen LogP contribution in [0.3, 0.4) is 0 Å². The number of para-hydroxylation sites is 1. The first-order valence-electron chi connectivity index (χ1n) is 8.71. The van der Waals surface area contributed by atoms with Gasteiger partial charge in [0.2, 0.25) is 5.91 Å². The molecule has 0 radical (unpaired) electrons. The minimum absolute atomic E-state index is 0.0213. The lowest BCUT2D eigenvalue weighted by Crippen LogP contribution is -2.35. The lowest BCUT2D eigenvalue weighted by molar-refractivity contribution is -0.120. The summed E-state index contributed by atoms with van der Waals surface area (Å²) in [5, 5.41) is 10.1. The molecular weight excluding hydrogens is 362 g/mol. The Labute approximate surface area is 162 Å². The molecule has 1 amide bonds. The zero-order chi connectivity index (χ0) is 18.4. The number of anilines is 1. The third-order valence-corrected chi connectivity index (χ3v) is 5.83. The summed E-state index contributed by atoms with van der Waals surface area (Å²) >= 11 is 3.24. The van der Waals surface area contributed by atoms with E-state index in [1.165, 1.54) is 11.3 Å². The van der Waals surface area contributed by atoms with Gasteiger partial charge in [0.05, 0.1) is 12.1 Å². The van der Waals surface area contributed by atoms with E-state index in [-0.39, 0.29) is 5.91 Å². The quantitative estimate of drug-likeness (QED) is 0.626. The van der Waals surface area contributed by atoms with Crippen molar-refractivity contribution < 1.29 is 4.79 Å². The van der Waals surface area contributed by atoms with Crippen molar-refractivity contribution in [3.05, 3.63) is 57.7 Å². The number of carbonyl (C=O) groups excluding carboxylic acids is 1. The summed E-state index contributed by atoms with van der Waals surface area (Å²) < 4.78 is 0. The molecule has 4 nitrogen and oxygen atoms in total. The number of thiophene rings is 1. The largest absolute Gasteiger partial charge is 0.370 e. The molecule has 0 bridgehead atoms. The fraction of sp³-hybridized carbons (Fsp3) is 0.300. The standard InChI is InChI=1S/C20H23N3OS2/c1-3-23(18-7-5-4-6-15(18)2)10-9-21-19(24)12-17-14-26-20(22-17)16-8-11-25-13-16/h4-8,11,13-14H,3,9-10,12H2,1-2H3,(H,21,24). The molecule has 1 N–H and O–H groups in total. The van der Waals surface area contributed by atoms with E-state index in [9.17, 15) is 4.79 Å². The van der Waals surface area contributed by atoms with E-state index < -0.39 is 0 Å². The molecule has 0 aliphatic rings. The average molecular weight is 386 g/mol. The first kappa shape index (κ1) is 18.6. The van der Waals surface area contributed by atoms with Crippen molar-refractivity contribution in [1.29, 1.82) is 0 Å². The molecule has 2 aromatic heterocycles. The first-order valence-corrected chi connectivity index (χ1v) is 10.5.